The minimum atomic E-state index is -0.462. The molecule has 0 fully saturated rings. The topological polar surface area (TPSA) is 72.2 Å². The van der Waals surface area contributed by atoms with Crippen molar-refractivity contribution in [1.29, 1.82) is 0 Å². The van der Waals surface area contributed by atoms with Gasteiger partial charge in [0.15, 0.2) is 0 Å². The van der Waals surface area contributed by atoms with Crippen molar-refractivity contribution in [2.45, 2.75) is 13.3 Å². The fraction of sp³-hybridized carbons (Fsp3) is 0.133. The number of carbonyl (C=O) groups excluding carboxylic acids is 1. The quantitative estimate of drug-likeness (QED) is 0.409. The van der Waals surface area contributed by atoms with Gasteiger partial charge in [-0.2, -0.15) is 0 Å². The van der Waals surface area contributed by atoms with Crippen molar-refractivity contribution < 1.29 is 9.72 Å². The Balaban J connectivity index is 2.17. The van der Waals surface area contributed by atoms with Crippen LogP contribution in [-0.2, 0) is 11.2 Å². The zero-order valence-electron chi connectivity index (χ0n) is 11.1. The molecule has 0 saturated carbocycles. The van der Waals surface area contributed by atoms with Crippen LogP contribution in [0.1, 0.15) is 18.1 Å². The smallest absolute Gasteiger partial charge is 0.293 e. The third-order valence-corrected chi connectivity index (χ3v) is 4.14. The van der Waals surface area contributed by atoms with E-state index < -0.39 is 4.92 Å². The molecule has 0 atom stereocenters. The Kier molecular flexibility index (Phi) is 3.40. The van der Waals surface area contributed by atoms with Crippen molar-refractivity contribution in [3.05, 3.63) is 55.1 Å². The fourth-order valence-electron chi connectivity index (χ4n) is 2.65. The summed E-state index contributed by atoms with van der Waals surface area (Å²) in [5.74, 6) is -0.317. The average molecular weight is 394 g/mol. The Hall–Kier alpha value is -1.96. The average Bonchev–Trinajstić information content (AvgIpc) is 2.72. The van der Waals surface area contributed by atoms with Gasteiger partial charge in [0.2, 0.25) is 5.91 Å². The second-order valence-corrected chi connectivity index (χ2v) is 6.19. The van der Waals surface area contributed by atoms with Gasteiger partial charge in [0.05, 0.1) is 4.92 Å². The molecule has 0 radical (unpaired) electrons. The first-order valence-corrected chi connectivity index (χ1v) is 7.41. The van der Waals surface area contributed by atoms with Gasteiger partial charge >= 0.3 is 0 Å². The lowest BCUT2D eigenvalue weighted by Gasteiger charge is -2.07. The van der Waals surface area contributed by atoms with E-state index in [-0.39, 0.29) is 17.3 Å². The van der Waals surface area contributed by atoms with Crippen LogP contribution >= 0.6 is 22.6 Å². The summed E-state index contributed by atoms with van der Waals surface area (Å²) in [6, 6.07) is 9.33. The van der Waals surface area contributed by atoms with E-state index >= 15 is 0 Å². The van der Waals surface area contributed by atoms with Gasteiger partial charge in [-0.25, -0.2) is 0 Å². The monoisotopic (exact) mass is 394 g/mol. The highest BCUT2D eigenvalue weighted by atomic mass is 127. The highest BCUT2D eigenvalue weighted by molar-refractivity contribution is 14.1. The van der Waals surface area contributed by atoms with E-state index in [1.165, 1.54) is 6.92 Å². The molecule has 21 heavy (non-hydrogen) atoms. The first-order chi connectivity index (χ1) is 9.95. The van der Waals surface area contributed by atoms with Crippen molar-refractivity contribution in [3.8, 4) is 11.1 Å². The molecule has 6 heteroatoms. The number of halogens is 1. The maximum absolute atomic E-state index is 11.2. The molecule has 0 saturated heterocycles. The summed E-state index contributed by atoms with van der Waals surface area (Å²) in [6.07, 6.45) is 0.728. The Bertz CT molecular complexity index is 787. The van der Waals surface area contributed by atoms with Gasteiger partial charge in [-0.3, -0.25) is 14.9 Å². The maximum atomic E-state index is 11.2. The second kappa shape index (κ2) is 5.10. The molecule has 1 amide bonds. The first kappa shape index (κ1) is 14.0. The van der Waals surface area contributed by atoms with Crippen LogP contribution in [0.5, 0.6) is 0 Å². The molecule has 0 unspecified atom stereocenters. The van der Waals surface area contributed by atoms with Crippen LogP contribution in [0.3, 0.4) is 0 Å². The third-order valence-electron chi connectivity index (χ3n) is 3.47. The number of anilines is 1. The van der Waals surface area contributed by atoms with E-state index in [4.69, 9.17) is 0 Å². The van der Waals surface area contributed by atoms with Crippen molar-refractivity contribution in [1.82, 2.24) is 0 Å². The number of hydrogen-bond donors (Lipinski definition) is 1. The lowest BCUT2D eigenvalue weighted by molar-refractivity contribution is -0.383. The lowest BCUT2D eigenvalue weighted by atomic mass is 10.0. The summed E-state index contributed by atoms with van der Waals surface area (Å²) in [5.41, 5.74) is 4.25. The van der Waals surface area contributed by atoms with Crippen LogP contribution in [0.4, 0.5) is 11.4 Å². The van der Waals surface area contributed by atoms with Crippen LogP contribution in [0.2, 0.25) is 0 Å². The second-order valence-electron chi connectivity index (χ2n) is 4.94. The number of nitro benzene ring substituents is 1. The number of nitro groups is 1. The van der Waals surface area contributed by atoms with Crippen molar-refractivity contribution >= 4 is 39.9 Å². The van der Waals surface area contributed by atoms with Gasteiger partial charge in [0.1, 0.15) is 5.69 Å². The van der Waals surface area contributed by atoms with E-state index in [9.17, 15) is 14.9 Å². The van der Waals surface area contributed by atoms with Gasteiger partial charge in [0, 0.05) is 16.6 Å². The molecule has 0 aliphatic heterocycles. The molecule has 0 heterocycles. The molecule has 5 nitrogen and oxygen atoms in total. The molecule has 1 aliphatic carbocycles. The number of hydrogen-bond acceptors (Lipinski definition) is 3. The predicted molar refractivity (Wildman–Crippen MR) is 88.4 cm³/mol. The van der Waals surface area contributed by atoms with E-state index in [2.05, 4.69) is 34.0 Å². The molecule has 3 rings (SSSR count). The Labute approximate surface area is 134 Å². The fourth-order valence-corrected chi connectivity index (χ4v) is 3.20. The molecular formula is C15H11IN2O3. The summed E-state index contributed by atoms with van der Waals surface area (Å²) in [5, 5.41) is 13.8. The van der Waals surface area contributed by atoms with Crippen LogP contribution in [-0.4, -0.2) is 10.8 Å². The number of rotatable bonds is 2. The summed E-state index contributed by atoms with van der Waals surface area (Å²) in [4.78, 5) is 22.0. The van der Waals surface area contributed by atoms with Crippen molar-refractivity contribution in [2.24, 2.45) is 0 Å². The Morgan fingerprint density at radius 2 is 1.95 bits per heavy atom. The van der Waals surface area contributed by atoms with E-state index in [1.807, 2.05) is 12.1 Å². The molecule has 1 N–H and O–H groups in total. The van der Waals surface area contributed by atoms with E-state index in [0.29, 0.717) is 0 Å². The normalized spacial score (nSPS) is 11.7. The van der Waals surface area contributed by atoms with Crippen molar-refractivity contribution in [2.75, 3.05) is 5.32 Å². The zero-order valence-corrected chi connectivity index (χ0v) is 13.3. The standard InChI is InChI=1S/C15H11IN2O3/c1-8(19)17-14-6-10-4-9-5-11(16)2-3-12(9)13(10)7-15(14)18(20)21/h2-3,5-7H,4H2,1H3,(H,17,19). The van der Waals surface area contributed by atoms with Crippen LogP contribution in [0.25, 0.3) is 11.1 Å². The molecular weight excluding hydrogens is 383 g/mol. The van der Waals surface area contributed by atoms with Crippen LogP contribution in [0.15, 0.2) is 30.3 Å². The summed E-state index contributed by atoms with van der Waals surface area (Å²) < 4.78 is 1.13. The molecule has 2 aromatic carbocycles. The van der Waals surface area contributed by atoms with Gasteiger partial charge in [-0.05, 0) is 69.5 Å². The van der Waals surface area contributed by atoms with Gasteiger partial charge < -0.3 is 5.32 Å². The first-order valence-electron chi connectivity index (χ1n) is 6.33. The zero-order chi connectivity index (χ0) is 15.1. The lowest BCUT2D eigenvalue weighted by Crippen LogP contribution is -2.08. The van der Waals surface area contributed by atoms with Crippen LogP contribution in [0, 0.1) is 13.7 Å². The summed E-state index contributed by atoms with van der Waals surface area (Å²) in [6.45, 7) is 1.34. The largest absolute Gasteiger partial charge is 0.321 e. The van der Waals surface area contributed by atoms with Gasteiger partial charge in [-0.15, -0.1) is 0 Å². The Morgan fingerprint density at radius 1 is 1.24 bits per heavy atom. The van der Waals surface area contributed by atoms with Gasteiger partial charge in [-0.1, -0.05) is 6.07 Å². The number of nitrogens with zero attached hydrogens (tertiary/aromatic N) is 1. The molecule has 2 aromatic rings. The molecule has 1 aliphatic rings. The number of carbonyl (C=O) groups is 1. The number of fused-ring (bicyclic) bond motifs is 3. The summed E-state index contributed by atoms with van der Waals surface area (Å²) in [7, 11) is 0. The van der Waals surface area contributed by atoms with E-state index in [1.54, 1.807) is 12.1 Å². The van der Waals surface area contributed by atoms with Gasteiger partial charge in [0.25, 0.3) is 5.69 Å². The number of nitrogens with one attached hydrogen (secondary N) is 1. The highest BCUT2D eigenvalue weighted by Crippen LogP contribution is 2.42. The molecule has 0 spiro atoms. The highest BCUT2D eigenvalue weighted by Gasteiger charge is 2.25. The predicted octanol–water partition coefficient (Wildman–Crippen LogP) is 3.73. The molecule has 106 valence electrons. The van der Waals surface area contributed by atoms with Crippen molar-refractivity contribution in [3.63, 3.8) is 0 Å². The Morgan fingerprint density at radius 3 is 2.62 bits per heavy atom. The summed E-state index contributed by atoms with van der Waals surface area (Å²) >= 11 is 2.25. The number of benzene rings is 2. The minimum absolute atomic E-state index is 0.0737. The third kappa shape index (κ3) is 2.51. The number of amides is 1. The van der Waals surface area contributed by atoms with Crippen LogP contribution < -0.4 is 5.32 Å². The molecule has 0 aromatic heterocycles. The minimum Gasteiger partial charge on any atom is -0.321 e. The molecule has 0 bridgehead atoms. The SMILES string of the molecule is CC(=O)Nc1cc2c(cc1[N+](=O)[O-])-c1ccc(I)cc1C2. The van der Waals surface area contributed by atoms with E-state index in [0.717, 1.165) is 32.2 Å². The maximum Gasteiger partial charge on any atom is 0.293 e.